The lowest BCUT2D eigenvalue weighted by atomic mass is 10.0. The number of carbonyl (C=O) groups is 1. The fourth-order valence-electron chi connectivity index (χ4n) is 1.90. The molecule has 0 amide bonds. The lowest BCUT2D eigenvalue weighted by Gasteiger charge is -2.08. The Morgan fingerprint density at radius 3 is 2.65 bits per heavy atom. The van der Waals surface area contributed by atoms with Gasteiger partial charge in [-0.3, -0.25) is 4.79 Å². The highest BCUT2D eigenvalue weighted by atomic mass is 19.2. The van der Waals surface area contributed by atoms with E-state index < -0.39 is 11.6 Å². The first-order valence-electron chi connectivity index (χ1n) is 5.77. The van der Waals surface area contributed by atoms with Crippen molar-refractivity contribution >= 4 is 5.78 Å². The number of benzene rings is 1. The highest BCUT2D eigenvalue weighted by Gasteiger charge is 2.29. The number of carbonyl (C=O) groups excluding carboxylic acids is 1. The van der Waals surface area contributed by atoms with Crippen LogP contribution in [0.4, 0.5) is 8.78 Å². The zero-order valence-electron chi connectivity index (χ0n) is 9.46. The van der Waals surface area contributed by atoms with E-state index in [9.17, 15) is 13.6 Å². The van der Waals surface area contributed by atoms with Crippen LogP contribution in [0.3, 0.4) is 0 Å². The van der Waals surface area contributed by atoms with Crippen molar-refractivity contribution in [3.05, 3.63) is 35.4 Å². The molecule has 1 saturated carbocycles. The van der Waals surface area contributed by atoms with Crippen LogP contribution in [0.2, 0.25) is 0 Å². The summed E-state index contributed by atoms with van der Waals surface area (Å²) in [7, 11) is 0. The number of nitrogens with two attached hydrogens (primary N) is 1. The zero-order chi connectivity index (χ0) is 12.4. The quantitative estimate of drug-likeness (QED) is 0.856. The molecular formula is C13H15F2NO. The van der Waals surface area contributed by atoms with Gasteiger partial charge in [-0.05, 0) is 36.5 Å². The van der Waals surface area contributed by atoms with E-state index in [1.807, 2.05) is 0 Å². The van der Waals surface area contributed by atoms with Crippen molar-refractivity contribution in [1.82, 2.24) is 0 Å². The monoisotopic (exact) mass is 239 g/mol. The summed E-state index contributed by atoms with van der Waals surface area (Å²) in [5, 5.41) is 0. The summed E-state index contributed by atoms with van der Waals surface area (Å²) in [5.74, 6) is -1.35. The SMILES string of the molecule is NC(CC(=O)Cc1ccc(F)c(F)c1)C1CC1. The molecule has 0 aromatic heterocycles. The van der Waals surface area contributed by atoms with Crippen molar-refractivity contribution in [3.63, 3.8) is 0 Å². The average molecular weight is 239 g/mol. The maximum absolute atomic E-state index is 12.9. The first-order chi connectivity index (χ1) is 8.06. The Bertz CT molecular complexity index is 429. The summed E-state index contributed by atoms with van der Waals surface area (Å²) < 4.78 is 25.6. The van der Waals surface area contributed by atoms with E-state index in [2.05, 4.69) is 0 Å². The van der Waals surface area contributed by atoms with Crippen LogP contribution in [-0.2, 0) is 11.2 Å². The number of halogens is 2. The minimum absolute atomic E-state index is 0.0181. The number of ketones is 1. The van der Waals surface area contributed by atoms with Gasteiger partial charge in [0, 0.05) is 18.9 Å². The Morgan fingerprint density at radius 2 is 2.06 bits per heavy atom. The number of rotatable bonds is 5. The molecule has 0 heterocycles. The molecule has 17 heavy (non-hydrogen) atoms. The third-order valence-electron chi connectivity index (χ3n) is 3.08. The average Bonchev–Trinajstić information content (AvgIpc) is 3.06. The molecule has 0 radical (unpaired) electrons. The van der Waals surface area contributed by atoms with E-state index in [0.717, 1.165) is 25.0 Å². The fraction of sp³-hybridized carbons (Fsp3) is 0.462. The van der Waals surface area contributed by atoms with Gasteiger partial charge in [-0.1, -0.05) is 6.07 Å². The summed E-state index contributed by atoms with van der Waals surface area (Å²) in [5.41, 5.74) is 6.33. The van der Waals surface area contributed by atoms with Crippen molar-refractivity contribution in [2.24, 2.45) is 11.7 Å². The van der Waals surface area contributed by atoms with Gasteiger partial charge in [0.05, 0.1) is 0 Å². The normalized spacial score (nSPS) is 16.9. The van der Waals surface area contributed by atoms with Crippen LogP contribution >= 0.6 is 0 Å². The van der Waals surface area contributed by atoms with E-state index in [1.165, 1.54) is 6.07 Å². The third-order valence-corrected chi connectivity index (χ3v) is 3.08. The minimum atomic E-state index is -0.915. The summed E-state index contributed by atoms with van der Waals surface area (Å²) in [6.45, 7) is 0. The number of hydrogen-bond acceptors (Lipinski definition) is 2. The highest BCUT2D eigenvalue weighted by molar-refractivity contribution is 5.81. The van der Waals surface area contributed by atoms with Gasteiger partial charge in [0.1, 0.15) is 5.78 Å². The van der Waals surface area contributed by atoms with Gasteiger partial charge in [-0.25, -0.2) is 8.78 Å². The third kappa shape index (κ3) is 3.33. The Hall–Kier alpha value is -1.29. The zero-order valence-corrected chi connectivity index (χ0v) is 9.46. The van der Waals surface area contributed by atoms with Gasteiger partial charge in [-0.15, -0.1) is 0 Å². The summed E-state index contributed by atoms with van der Waals surface area (Å²) in [4.78, 5) is 11.7. The molecule has 2 rings (SSSR count). The smallest absolute Gasteiger partial charge is 0.159 e. The topological polar surface area (TPSA) is 43.1 Å². The maximum atomic E-state index is 12.9. The molecule has 1 aliphatic carbocycles. The minimum Gasteiger partial charge on any atom is -0.327 e. The molecule has 2 N–H and O–H groups in total. The largest absolute Gasteiger partial charge is 0.327 e. The van der Waals surface area contributed by atoms with Gasteiger partial charge in [-0.2, -0.15) is 0 Å². The fourth-order valence-corrected chi connectivity index (χ4v) is 1.90. The molecule has 0 bridgehead atoms. The molecule has 0 spiro atoms. The lowest BCUT2D eigenvalue weighted by Crippen LogP contribution is -2.26. The lowest BCUT2D eigenvalue weighted by molar-refractivity contribution is -0.118. The number of hydrogen-bond donors (Lipinski definition) is 1. The van der Waals surface area contributed by atoms with Crippen molar-refractivity contribution in [2.45, 2.75) is 31.7 Å². The van der Waals surface area contributed by atoms with Crippen LogP contribution < -0.4 is 5.73 Å². The maximum Gasteiger partial charge on any atom is 0.159 e. The Morgan fingerprint density at radius 1 is 1.35 bits per heavy atom. The summed E-state index contributed by atoms with van der Waals surface area (Å²) in [6, 6.07) is 3.46. The molecule has 2 nitrogen and oxygen atoms in total. The van der Waals surface area contributed by atoms with Crippen molar-refractivity contribution in [2.75, 3.05) is 0 Å². The molecule has 92 valence electrons. The van der Waals surface area contributed by atoms with Crippen LogP contribution in [0.1, 0.15) is 24.8 Å². The number of Topliss-reactive ketones (excluding diaryl/α,β-unsaturated/α-hetero) is 1. The molecule has 1 aromatic rings. The molecule has 1 unspecified atom stereocenters. The second-order valence-electron chi connectivity index (χ2n) is 4.67. The molecule has 4 heteroatoms. The van der Waals surface area contributed by atoms with E-state index in [0.29, 0.717) is 17.9 Å². The molecular weight excluding hydrogens is 224 g/mol. The second-order valence-corrected chi connectivity index (χ2v) is 4.67. The van der Waals surface area contributed by atoms with E-state index in [-0.39, 0.29) is 18.2 Å². The van der Waals surface area contributed by atoms with Crippen LogP contribution in [0.5, 0.6) is 0 Å². The van der Waals surface area contributed by atoms with E-state index in [4.69, 9.17) is 5.73 Å². The van der Waals surface area contributed by atoms with Gasteiger partial charge < -0.3 is 5.73 Å². The van der Waals surface area contributed by atoms with Gasteiger partial charge >= 0.3 is 0 Å². The van der Waals surface area contributed by atoms with Gasteiger partial charge in [0.15, 0.2) is 11.6 Å². The Balaban J connectivity index is 1.90. The predicted octanol–water partition coefficient (Wildman–Crippen LogP) is 2.20. The van der Waals surface area contributed by atoms with Gasteiger partial charge in [0.2, 0.25) is 0 Å². The first-order valence-corrected chi connectivity index (χ1v) is 5.77. The van der Waals surface area contributed by atoms with E-state index in [1.54, 1.807) is 0 Å². The van der Waals surface area contributed by atoms with Crippen LogP contribution in [0.15, 0.2) is 18.2 Å². The molecule has 1 aliphatic rings. The predicted molar refractivity (Wildman–Crippen MR) is 60.4 cm³/mol. The first kappa shape index (κ1) is 12.2. The standard InChI is InChI=1S/C13H15F2NO/c14-11-4-1-8(6-12(11)15)5-10(17)7-13(16)9-2-3-9/h1,4,6,9,13H,2-3,5,7,16H2. The van der Waals surface area contributed by atoms with Gasteiger partial charge in [0.25, 0.3) is 0 Å². The Kier molecular flexibility index (Phi) is 3.52. The second kappa shape index (κ2) is 4.92. The van der Waals surface area contributed by atoms with Crippen molar-refractivity contribution < 1.29 is 13.6 Å². The summed E-state index contributed by atoms with van der Waals surface area (Å²) in [6.07, 6.45) is 2.64. The molecule has 0 aliphatic heterocycles. The molecule has 1 atom stereocenters. The molecule has 1 fully saturated rings. The molecule has 0 saturated heterocycles. The van der Waals surface area contributed by atoms with E-state index >= 15 is 0 Å². The van der Waals surface area contributed by atoms with Crippen LogP contribution in [0, 0.1) is 17.6 Å². The highest BCUT2D eigenvalue weighted by Crippen LogP contribution is 2.32. The van der Waals surface area contributed by atoms with Crippen LogP contribution in [0.25, 0.3) is 0 Å². The van der Waals surface area contributed by atoms with Crippen LogP contribution in [-0.4, -0.2) is 11.8 Å². The summed E-state index contributed by atoms with van der Waals surface area (Å²) >= 11 is 0. The Labute approximate surface area is 98.8 Å². The van der Waals surface area contributed by atoms with Crippen molar-refractivity contribution in [1.29, 1.82) is 0 Å². The molecule has 1 aromatic carbocycles. The van der Waals surface area contributed by atoms with Crippen molar-refractivity contribution in [3.8, 4) is 0 Å².